The van der Waals surface area contributed by atoms with Crippen molar-refractivity contribution in [3.63, 3.8) is 0 Å². The molecule has 0 radical (unpaired) electrons. The van der Waals surface area contributed by atoms with Gasteiger partial charge in [0.25, 0.3) is 0 Å². The van der Waals surface area contributed by atoms with Crippen LogP contribution in [0.25, 0.3) is 0 Å². The highest BCUT2D eigenvalue weighted by atomic mass is 16.6. The maximum atomic E-state index is 12.4. The molecule has 0 unspecified atom stereocenters. The standard InChI is InChI=1S/C28H40N2O3/c1-22(2)25-11-13-26(14-12-25)32-20-15-23-7-9-24(10-8-23)21-29-16-6-17-30(19-18-29)27(31)33-28(3,4)5/h7-14,22H,6,15-21H2,1-5H3. The van der Waals surface area contributed by atoms with Crippen molar-refractivity contribution in [2.24, 2.45) is 0 Å². The summed E-state index contributed by atoms with van der Waals surface area (Å²) in [6, 6.07) is 17.2. The third-order valence-corrected chi connectivity index (χ3v) is 5.88. The Morgan fingerprint density at radius 2 is 1.58 bits per heavy atom. The molecule has 0 aliphatic carbocycles. The normalized spacial score (nSPS) is 15.4. The van der Waals surface area contributed by atoms with Crippen LogP contribution < -0.4 is 4.74 Å². The molecule has 1 heterocycles. The van der Waals surface area contributed by atoms with Crippen LogP contribution in [0.1, 0.15) is 63.6 Å². The van der Waals surface area contributed by atoms with E-state index in [1.54, 1.807) is 0 Å². The predicted octanol–water partition coefficient (Wildman–Crippen LogP) is 5.87. The molecule has 1 amide bonds. The van der Waals surface area contributed by atoms with Crippen molar-refractivity contribution in [2.75, 3.05) is 32.8 Å². The van der Waals surface area contributed by atoms with Gasteiger partial charge in [-0.15, -0.1) is 0 Å². The molecule has 0 N–H and O–H groups in total. The van der Waals surface area contributed by atoms with Crippen LogP contribution in [0.3, 0.4) is 0 Å². The van der Waals surface area contributed by atoms with Crippen molar-refractivity contribution in [1.29, 1.82) is 0 Å². The number of nitrogens with zero attached hydrogens (tertiary/aromatic N) is 2. The molecule has 0 bridgehead atoms. The van der Waals surface area contributed by atoms with Crippen LogP contribution in [-0.4, -0.2) is 54.3 Å². The molecule has 1 aliphatic heterocycles. The summed E-state index contributed by atoms with van der Waals surface area (Å²) < 4.78 is 11.5. The summed E-state index contributed by atoms with van der Waals surface area (Å²) >= 11 is 0. The zero-order valence-corrected chi connectivity index (χ0v) is 21.0. The van der Waals surface area contributed by atoms with Gasteiger partial charge in [-0.1, -0.05) is 50.2 Å². The lowest BCUT2D eigenvalue weighted by molar-refractivity contribution is 0.0257. The molecule has 180 valence electrons. The third-order valence-electron chi connectivity index (χ3n) is 5.88. The summed E-state index contributed by atoms with van der Waals surface area (Å²) in [7, 11) is 0. The lowest BCUT2D eigenvalue weighted by atomic mass is 10.0. The average molecular weight is 453 g/mol. The van der Waals surface area contributed by atoms with Gasteiger partial charge in [-0.25, -0.2) is 4.79 Å². The number of hydrogen-bond donors (Lipinski definition) is 0. The third kappa shape index (κ3) is 8.39. The summed E-state index contributed by atoms with van der Waals surface area (Å²) in [6.45, 7) is 15.0. The Morgan fingerprint density at radius 1 is 0.909 bits per heavy atom. The van der Waals surface area contributed by atoms with E-state index in [4.69, 9.17) is 9.47 Å². The van der Waals surface area contributed by atoms with Crippen LogP contribution in [0.5, 0.6) is 5.75 Å². The van der Waals surface area contributed by atoms with Gasteiger partial charge in [-0.2, -0.15) is 0 Å². The maximum absolute atomic E-state index is 12.4. The molecule has 0 saturated carbocycles. The monoisotopic (exact) mass is 452 g/mol. The van der Waals surface area contributed by atoms with Crippen molar-refractivity contribution >= 4 is 6.09 Å². The topological polar surface area (TPSA) is 42.0 Å². The van der Waals surface area contributed by atoms with Crippen LogP contribution in [0.4, 0.5) is 4.79 Å². The van der Waals surface area contributed by atoms with E-state index in [-0.39, 0.29) is 6.09 Å². The number of amides is 1. The molecule has 0 atom stereocenters. The van der Waals surface area contributed by atoms with Crippen molar-refractivity contribution in [1.82, 2.24) is 9.80 Å². The lowest BCUT2D eigenvalue weighted by Gasteiger charge is -2.26. The summed E-state index contributed by atoms with van der Waals surface area (Å²) in [5.41, 5.74) is 3.47. The highest BCUT2D eigenvalue weighted by Gasteiger charge is 2.24. The second-order valence-electron chi connectivity index (χ2n) is 10.2. The largest absolute Gasteiger partial charge is 0.493 e. The second kappa shape index (κ2) is 11.6. The molecule has 0 aromatic heterocycles. The number of benzene rings is 2. The Labute approximate surface area is 199 Å². The molecular formula is C28H40N2O3. The maximum Gasteiger partial charge on any atom is 0.410 e. The zero-order chi connectivity index (χ0) is 23.8. The summed E-state index contributed by atoms with van der Waals surface area (Å²) in [6.07, 6.45) is 1.65. The number of hydrogen-bond acceptors (Lipinski definition) is 4. The molecule has 1 aliphatic rings. The predicted molar refractivity (Wildman–Crippen MR) is 134 cm³/mol. The lowest BCUT2D eigenvalue weighted by Crippen LogP contribution is -2.39. The quantitative estimate of drug-likeness (QED) is 0.526. The first kappa shape index (κ1) is 25.1. The minimum absolute atomic E-state index is 0.202. The molecule has 2 aromatic carbocycles. The fraction of sp³-hybridized carbons (Fsp3) is 0.536. The molecule has 0 spiro atoms. The van der Waals surface area contributed by atoms with Gasteiger partial charge in [0.05, 0.1) is 6.61 Å². The summed E-state index contributed by atoms with van der Waals surface area (Å²) in [5.74, 6) is 1.47. The fourth-order valence-corrected chi connectivity index (χ4v) is 3.94. The van der Waals surface area contributed by atoms with Crippen LogP contribution in [0.15, 0.2) is 48.5 Å². The first-order valence-electron chi connectivity index (χ1n) is 12.2. The molecule has 5 heteroatoms. The van der Waals surface area contributed by atoms with Gasteiger partial charge in [0, 0.05) is 39.1 Å². The number of carbonyl (C=O) groups is 1. The van der Waals surface area contributed by atoms with Crippen molar-refractivity contribution in [3.8, 4) is 5.75 Å². The van der Waals surface area contributed by atoms with Gasteiger partial charge in [-0.3, -0.25) is 4.90 Å². The van der Waals surface area contributed by atoms with Gasteiger partial charge >= 0.3 is 6.09 Å². The molecule has 1 fully saturated rings. The minimum atomic E-state index is -0.450. The van der Waals surface area contributed by atoms with Crippen LogP contribution in [0.2, 0.25) is 0 Å². The fourth-order valence-electron chi connectivity index (χ4n) is 3.94. The van der Waals surface area contributed by atoms with Gasteiger partial charge in [-0.05, 0) is 61.9 Å². The highest BCUT2D eigenvalue weighted by Crippen LogP contribution is 2.19. The first-order chi connectivity index (χ1) is 15.7. The Morgan fingerprint density at radius 3 is 2.21 bits per heavy atom. The van der Waals surface area contributed by atoms with Crippen LogP contribution >= 0.6 is 0 Å². The first-order valence-corrected chi connectivity index (χ1v) is 12.2. The Balaban J connectivity index is 1.42. The van der Waals surface area contributed by atoms with Gasteiger partial charge in [0.1, 0.15) is 11.4 Å². The molecule has 2 aromatic rings. The Hall–Kier alpha value is -2.53. The van der Waals surface area contributed by atoms with E-state index >= 15 is 0 Å². The summed E-state index contributed by atoms with van der Waals surface area (Å²) in [4.78, 5) is 16.6. The SMILES string of the molecule is CC(C)c1ccc(OCCc2ccc(CN3CCCN(C(=O)OC(C)(C)C)CC3)cc2)cc1. The zero-order valence-electron chi connectivity index (χ0n) is 21.0. The number of carbonyl (C=O) groups excluding carboxylic acids is 1. The van der Waals surface area contributed by atoms with Crippen molar-refractivity contribution in [3.05, 3.63) is 65.2 Å². The van der Waals surface area contributed by atoms with E-state index in [9.17, 15) is 4.79 Å². The highest BCUT2D eigenvalue weighted by molar-refractivity contribution is 5.68. The molecular weight excluding hydrogens is 412 g/mol. The Kier molecular flexibility index (Phi) is 8.79. The van der Waals surface area contributed by atoms with E-state index in [2.05, 4.69) is 67.3 Å². The van der Waals surface area contributed by atoms with Crippen molar-refractivity contribution < 1.29 is 14.3 Å². The van der Waals surface area contributed by atoms with E-state index < -0.39 is 5.60 Å². The second-order valence-corrected chi connectivity index (χ2v) is 10.2. The van der Waals surface area contributed by atoms with E-state index in [1.165, 1.54) is 16.7 Å². The van der Waals surface area contributed by atoms with Gasteiger partial charge in [0.15, 0.2) is 0 Å². The molecule has 33 heavy (non-hydrogen) atoms. The van der Waals surface area contributed by atoms with Crippen LogP contribution in [0, 0.1) is 0 Å². The molecule has 1 saturated heterocycles. The number of ether oxygens (including phenoxy) is 2. The summed E-state index contributed by atoms with van der Waals surface area (Å²) in [5, 5.41) is 0. The Bertz CT molecular complexity index is 870. The van der Waals surface area contributed by atoms with E-state index in [0.29, 0.717) is 19.1 Å². The molecule has 3 rings (SSSR count). The molecule has 5 nitrogen and oxygen atoms in total. The minimum Gasteiger partial charge on any atom is -0.493 e. The smallest absolute Gasteiger partial charge is 0.410 e. The number of rotatable bonds is 7. The average Bonchev–Trinajstić information content (AvgIpc) is 3.00. The van der Waals surface area contributed by atoms with E-state index in [0.717, 1.165) is 44.8 Å². The van der Waals surface area contributed by atoms with Gasteiger partial charge < -0.3 is 14.4 Å². The van der Waals surface area contributed by atoms with Gasteiger partial charge in [0.2, 0.25) is 0 Å². The van der Waals surface area contributed by atoms with Crippen molar-refractivity contribution in [2.45, 2.75) is 65.5 Å². The van der Waals surface area contributed by atoms with Crippen LogP contribution in [-0.2, 0) is 17.7 Å². The van der Waals surface area contributed by atoms with E-state index in [1.807, 2.05) is 25.7 Å².